The molecule has 0 aromatic carbocycles. The van der Waals surface area contributed by atoms with E-state index in [0.29, 0.717) is 0 Å². The van der Waals surface area contributed by atoms with Crippen LogP contribution in [0.15, 0.2) is 25.0 Å². The van der Waals surface area contributed by atoms with Crippen LogP contribution in [0.1, 0.15) is 12.5 Å². The van der Waals surface area contributed by atoms with Crippen molar-refractivity contribution >= 4 is 31.2 Å². The maximum absolute atomic E-state index is 4.24. The van der Waals surface area contributed by atoms with Crippen LogP contribution in [-0.4, -0.2) is 9.97 Å². The summed E-state index contributed by atoms with van der Waals surface area (Å²) in [5.74, 6) is 0. The van der Waals surface area contributed by atoms with E-state index in [4.69, 9.17) is 0 Å². The van der Waals surface area contributed by atoms with Crippen molar-refractivity contribution < 1.29 is 0 Å². The van der Waals surface area contributed by atoms with Gasteiger partial charge in [0, 0.05) is 23.3 Å². The van der Waals surface area contributed by atoms with Gasteiger partial charge in [0.05, 0.1) is 0 Å². The number of aromatic amines is 1. The molecule has 0 aliphatic heterocycles. The van der Waals surface area contributed by atoms with Crippen molar-refractivity contribution in [1.82, 2.24) is 9.97 Å². The molecular formula is C10H11N2P. The molecule has 0 bridgehead atoms. The first kappa shape index (κ1) is 8.46. The molecule has 1 unspecified atom stereocenters. The van der Waals surface area contributed by atoms with Crippen molar-refractivity contribution in [2.45, 2.75) is 6.92 Å². The second kappa shape index (κ2) is 2.97. The zero-order valence-electron chi connectivity index (χ0n) is 7.46. The Balaban J connectivity index is 2.86. The van der Waals surface area contributed by atoms with Gasteiger partial charge in [0.25, 0.3) is 0 Å². The lowest BCUT2D eigenvalue weighted by molar-refractivity contribution is 1.33. The Kier molecular flexibility index (Phi) is 1.93. The summed E-state index contributed by atoms with van der Waals surface area (Å²) >= 11 is 0. The van der Waals surface area contributed by atoms with Crippen molar-refractivity contribution in [1.29, 1.82) is 0 Å². The minimum Gasteiger partial charge on any atom is -0.346 e. The van der Waals surface area contributed by atoms with Crippen molar-refractivity contribution in [2.75, 3.05) is 0 Å². The van der Waals surface area contributed by atoms with Crippen LogP contribution in [0.3, 0.4) is 0 Å². The summed E-state index contributed by atoms with van der Waals surface area (Å²) in [6.45, 7) is 5.93. The number of hydrogen-bond donors (Lipinski definition) is 1. The number of nitrogens with zero attached hydrogens (tertiary/aromatic N) is 1. The minimum atomic E-state index is 0.922. The first-order valence-corrected chi connectivity index (χ1v) is 4.65. The Morgan fingerprint density at radius 3 is 3.08 bits per heavy atom. The summed E-state index contributed by atoms with van der Waals surface area (Å²) in [4.78, 5) is 7.36. The van der Waals surface area contributed by atoms with Gasteiger partial charge in [-0.05, 0) is 23.9 Å². The lowest BCUT2D eigenvalue weighted by atomic mass is 10.1. The van der Waals surface area contributed by atoms with E-state index in [0.717, 1.165) is 27.5 Å². The first-order chi connectivity index (χ1) is 6.20. The van der Waals surface area contributed by atoms with Crippen LogP contribution in [0.4, 0.5) is 0 Å². The number of pyridine rings is 1. The number of aromatic nitrogens is 2. The maximum Gasteiger partial charge on any atom is 0.138 e. The molecular weight excluding hydrogens is 179 g/mol. The van der Waals surface area contributed by atoms with Gasteiger partial charge in [-0.2, -0.15) is 0 Å². The highest BCUT2D eigenvalue weighted by atomic mass is 31.0. The average molecular weight is 190 g/mol. The Morgan fingerprint density at radius 2 is 2.38 bits per heavy atom. The highest BCUT2D eigenvalue weighted by Gasteiger charge is 2.06. The van der Waals surface area contributed by atoms with E-state index in [1.165, 1.54) is 0 Å². The van der Waals surface area contributed by atoms with Gasteiger partial charge in [0.15, 0.2) is 0 Å². The zero-order valence-corrected chi connectivity index (χ0v) is 8.62. The van der Waals surface area contributed by atoms with Crippen LogP contribution in [0.25, 0.3) is 16.6 Å². The Hall–Kier alpha value is -1.14. The summed E-state index contributed by atoms with van der Waals surface area (Å²) in [5.41, 5.74) is 3.13. The molecule has 0 saturated carbocycles. The molecule has 0 aliphatic carbocycles. The fourth-order valence-corrected chi connectivity index (χ4v) is 1.80. The zero-order chi connectivity index (χ0) is 9.42. The molecule has 2 nitrogen and oxygen atoms in total. The number of hydrogen-bond acceptors (Lipinski definition) is 1. The van der Waals surface area contributed by atoms with E-state index in [2.05, 4.69) is 25.8 Å². The molecule has 2 rings (SSSR count). The van der Waals surface area contributed by atoms with Crippen molar-refractivity contribution in [3.8, 4) is 0 Å². The molecule has 13 heavy (non-hydrogen) atoms. The largest absolute Gasteiger partial charge is 0.346 e. The molecule has 0 amide bonds. The number of rotatable bonds is 1. The van der Waals surface area contributed by atoms with Gasteiger partial charge >= 0.3 is 0 Å². The third-order valence-electron chi connectivity index (χ3n) is 2.07. The molecule has 1 N–H and O–H groups in total. The fourth-order valence-electron chi connectivity index (χ4n) is 1.42. The van der Waals surface area contributed by atoms with Crippen LogP contribution in [-0.2, 0) is 0 Å². The maximum atomic E-state index is 4.24. The van der Waals surface area contributed by atoms with Gasteiger partial charge in [-0.3, -0.25) is 0 Å². The van der Waals surface area contributed by atoms with Gasteiger partial charge in [-0.1, -0.05) is 6.58 Å². The van der Waals surface area contributed by atoms with Crippen molar-refractivity contribution in [3.05, 3.63) is 30.6 Å². The predicted octanol–water partition coefficient (Wildman–Crippen LogP) is 2.10. The Bertz CT molecular complexity index is 471. The van der Waals surface area contributed by atoms with Crippen LogP contribution < -0.4 is 5.30 Å². The van der Waals surface area contributed by atoms with Crippen LogP contribution in [0.2, 0.25) is 0 Å². The summed E-state index contributed by atoms with van der Waals surface area (Å²) in [6, 6.07) is 1.98. The molecule has 2 heterocycles. The van der Waals surface area contributed by atoms with Gasteiger partial charge in [-0.25, -0.2) is 4.98 Å². The summed E-state index contributed by atoms with van der Waals surface area (Å²) in [5, 5.41) is 2.31. The molecule has 2 aromatic heterocycles. The quantitative estimate of drug-likeness (QED) is 0.685. The number of fused-ring (bicyclic) bond motifs is 1. The van der Waals surface area contributed by atoms with Crippen molar-refractivity contribution in [2.24, 2.45) is 0 Å². The molecule has 0 radical (unpaired) electrons. The van der Waals surface area contributed by atoms with Crippen LogP contribution in [0.5, 0.6) is 0 Å². The molecule has 0 spiro atoms. The van der Waals surface area contributed by atoms with E-state index in [-0.39, 0.29) is 0 Å². The molecule has 0 saturated heterocycles. The van der Waals surface area contributed by atoms with Gasteiger partial charge in [-0.15, -0.1) is 9.24 Å². The smallest absolute Gasteiger partial charge is 0.138 e. The first-order valence-electron chi connectivity index (χ1n) is 4.07. The highest BCUT2D eigenvalue weighted by Crippen LogP contribution is 2.21. The second-order valence-electron chi connectivity index (χ2n) is 3.11. The Labute approximate surface area is 79.3 Å². The average Bonchev–Trinajstić information content (AvgIpc) is 2.49. The number of nitrogens with one attached hydrogen (secondary N) is 1. The minimum absolute atomic E-state index is 0.922. The van der Waals surface area contributed by atoms with Gasteiger partial charge in [0.1, 0.15) is 5.65 Å². The molecule has 0 aliphatic rings. The standard InChI is InChI=1S/C10H11N2P/c1-6(2)7-5-12-10-9(7)8(13)3-4-11-10/h3-5H,1,13H2,2H3,(H,11,12). The fraction of sp³-hybridized carbons (Fsp3) is 0.100. The van der Waals surface area contributed by atoms with Crippen LogP contribution in [0, 0.1) is 0 Å². The van der Waals surface area contributed by atoms with E-state index in [9.17, 15) is 0 Å². The summed E-state index contributed by atoms with van der Waals surface area (Å²) in [7, 11) is 2.71. The normalized spacial score (nSPS) is 10.6. The van der Waals surface area contributed by atoms with Gasteiger partial charge < -0.3 is 4.98 Å². The number of H-pyrrole nitrogens is 1. The monoisotopic (exact) mass is 190 g/mol. The molecule has 66 valence electrons. The summed E-state index contributed by atoms with van der Waals surface area (Å²) in [6.07, 6.45) is 3.75. The predicted molar refractivity (Wildman–Crippen MR) is 60.1 cm³/mol. The van der Waals surface area contributed by atoms with Gasteiger partial charge in [0.2, 0.25) is 0 Å². The highest BCUT2D eigenvalue weighted by molar-refractivity contribution is 7.28. The summed E-state index contributed by atoms with van der Waals surface area (Å²) < 4.78 is 0. The number of allylic oxidation sites excluding steroid dienone is 1. The lowest BCUT2D eigenvalue weighted by Crippen LogP contribution is -1.94. The van der Waals surface area contributed by atoms with E-state index >= 15 is 0 Å². The topological polar surface area (TPSA) is 28.7 Å². The van der Waals surface area contributed by atoms with Crippen LogP contribution >= 0.6 is 9.24 Å². The van der Waals surface area contributed by atoms with E-state index < -0.39 is 0 Å². The lowest BCUT2D eigenvalue weighted by Gasteiger charge is -1.98. The third-order valence-corrected chi connectivity index (χ3v) is 2.55. The molecule has 1 atom stereocenters. The molecule has 0 fully saturated rings. The van der Waals surface area contributed by atoms with Crippen molar-refractivity contribution in [3.63, 3.8) is 0 Å². The Morgan fingerprint density at radius 1 is 1.62 bits per heavy atom. The molecule has 2 aromatic rings. The SMILES string of the molecule is C=C(C)c1c[nH]c2nccc(P)c12. The second-order valence-corrected chi connectivity index (χ2v) is 3.73. The molecule has 3 heteroatoms. The third kappa shape index (κ3) is 1.27. The van der Waals surface area contributed by atoms with E-state index in [1.807, 2.05) is 19.2 Å². The van der Waals surface area contributed by atoms with E-state index in [1.54, 1.807) is 6.20 Å².